The van der Waals surface area contributed by atoms with Crippen molar-refractivity contribution in [2.24, 2.45) is 16.6 Å². The Labute approximate surface area is 127 Å². The minimum absolute atomic E-state index is 0.0159. The summed E-state index contributed by atoms with van der Waals surface area (Å²) in [5.74, 6) is 0.310. The van der Waals surface area contributed by atoms with Gasteiger partial charge in [-0.25, -0.2) is 14.7 Å². The molecule has 3 heterocycles. The van der Waals surface area contributed by atoms with Gasteiger partial charge in [-0.05, 0) is 18.9 Å². The number of aromatic nitrogens is 3. The van der Waals surface area contributed by atoms with Crippen LogP contribution in [0.4, 0.5) is 0 Å². The summed E-state index contributed by atoms with van der Waals surface area (Å²) in [5, 5.41) is 7.12. The monoisotopic (exact) mass is 302 g/mol. The van der Waals surface area contributed by atoms with Crippen LogP contribution in [0.2, 0.25) is 0 Å². The minimum atomic E-state index is -0.639. The first-order valence-corrected chi connectivity index (χ1v) is 7.21. The molecule has 8 nitrogen and oxygen atoms in total. The number of nitrogens with one attached hydrogen (secondary N) is 1. The first-order chi connectivity index (χ1) is 10.7. The van der Waals surface area contributed by atoms with Crippen molar-refractivity contribution in [2.45, 2.75) is 19.4 Å². The Bertz CT molecular complexity index is 640. The van der Waals surface area contributed by atoms with Gasteiger partial charge in [0.2, 0.25) is 5.82 Å². The molecule has 0 aliphatic carbocycles. The molecule has 1 atom stereocenters. The highest BCUT2D eigenvalue weighted by molar-refractivity contribution is 5.89. The van der Waals surface area contributed by atoms with Crippen molar-refractivity contribution in [3.8, 4) is 0 Å². The number of aliphatic imine (C=N–C) groups is 1. The second-order valence-electron chi connectivity index (χ2n) is 5.25. The van der Waals surface area contributed by atoms with E-state index in [4.69, 9.17) is 10.5 Å². The average Bonchev–Trinajstić information content (AvgIpc) is 2.76. The number of allylic oxidation sites excluding steroid dienone is 2. The zero-order chi connectivity index (χ0) is 15.4. The first kappa shape index (κ1) is 14.5. The third-order valence-corrected chi connectivity index (χ3v) is 3.56. The fourth-order valence-corrected chi connectivity index (χ4v) is 2.50. The Morgan fingerprint density at radius 1 is 1.55 bits per heavy atom. The first-order valence-electron chi connectivity index (χ1n) is 7.21. The van der Waals surface area contributed by atoms with Crippen molar-refractivity contribution < 1.29 is 9.53 Å². The predicted molar refractivity (Wildman–Crippen MR) is 80.8 cm³/mol. The van der Waals surface area contributed by atoms with E-state index in [1.165, 1.54) is 0 Å². The van der Waals surface area contributed by atoms with Gasteiger partial charge in [0.15, 0.2) is 5.82 Å². The molecule has 0 saturated carbocycles. The largest absolute Gasteiger partial charge is 0.381 e. The maximum Gasteiger partial charge on any atom is 0.288 e. The molecule has 1 fully saturated rings. The molecule has 3 N–H and O–H groups in total. The van der Waals surface area contributed by atoms with Crippen LogP contribution < -0.4 is 11.1 Å². The highest BCUT2D eigenvalue weighted by atomic mass is 16.5. The molecule has 1 unspecified atom stereocenters. The lowest BCUT2D eigenvalue weighted by molar-refractivity contribution is 0.0468. The van der Waals surface area contributed by atoms with Gasteiger partial charge in [0.05, 0.1) is 12.9 Å². The van der Waals surface area contributed by atoms with E-state index < -0.39 is 5.91 Å². The SMILES string of the molecule is NC(=O)c1nc(C2=CN=CNC=C2)n(CC2CCCOC2)n1. The number of amides is 1. The van der Waals surface area contributed by atoms with Gasteiger partial charge in [-0.3, -0.25) is 4.79 Å². The normalized spacial score (nSPS) is 21.1. The number of ether oxygens (including phenoxy) is 1. The third-order valence-electron chi connectivity index (χ3n) is 3.56. The number of rotatable bonds is 4. The molecular weight excluding hydrogens is 284 g/mol. The van der Waals surface area contributed by atoms with Crippen LogP contribution in [0.15, 0.2) is 23.5 Å². The van der Waals surface area contributed by atoms with Crippen LogP contribution in [-0.2, 0) is 11.3 Å². The van der Waals surface area contributed by atoms with Crippen molar-refractivity contribution >= 4 is 17.8 Å². The molecule has 8 heteroatoms. The highest BCUT2D eigenvalue weighted by Gasteiger charge is 2.21. The van der Waals surface area contributed by atoms with E-state index in [1.54, 1.807) is 23.4 Å². The van der Waals surface area contributed by atoms with E-state index in [0.29, 0.717) is 24.9 Å². The van der Waals surface area contributed by atoms with E-state index in [0.717, 1.165) is 25.0 Å². The molecule has 2 aliphatic rings. The van der Waals surface area contributed by atoms with Crippen LogP contribution >= 0.6 is 0 Å². The molecule has 1 saturated heterocycles. The van der Waals surface area contributed by atoms with Crippen molar-refractivity contribution in [1.82, 2.24) is 20.1 Å². The van der Waals surface area contributed by atoms with Gasteiger partial charge in [0.25, 0.3) is 5.91 Å². The Morgan fingerprint density at radius 3 is 3.23 bits per heavy atom. The quantitative estimate of drug-likeness (QED) is 0.831. The lowest BCUT2D eigenvalue weighted by atomic mass is 10.0. The molecule has 3 rings (SSSR count). The predicted octanol–water partition coefficient (Wildman–Crippen LogP) is 0.290. The van der Waals surface area contributed by atoms with Crippen molar-refractivity contribution in [2.75, 3.05) is 13.2 Å². The second kappa shape index (κ2) is 6.52. The Morgan fingerprint density at radius 2 is 2.45 bits per heavy atom. The number of hydrogen-bond donors (Lipinski definition) is 2. The van der Waals surface area contributed by atoms with E-state index in [9.17, 15) is 4.79 Å². The van der Waals surface area contributed by atoms with Crippen LogP contribution in [0.25, 0.3) is 5.57 Å². The standard InChI is InChI=1S/C14H18N6O2/c15-12(21)13-18-14(11-3-4-16-9-17-6-11)20(19-13)7-10-2-1-5-22-8-10/h3-4,6,9-10H,1-2,5,7-8H2,(H2,15,21)(H,16,17). The van der Waals surface area contributed by atoms with Crippen LogP contribution in [0.3, 0.4) is 0 Å². The average molecular weight is 302 g/mol. The zero-order valence-corrected chi connectivity index (χ0v) is 12.1. The Kier molecular flexibility index (Phi) is 4.29. The molecule has 0 spiro atoms. The topological polar surface area (TPSA) is 107 Å². The van der Waals surface area contributed by atoms with Crippen molar-refractivity contribution in [3.05, 3.63) is 30.1 Å². The lowest BCUT2D eigenvalue weighted by Crippen LogP contribution is -2.23. The summed E-state index contributed by atoms with van der Waals surface area (Å²) in [6, 6.07) is 0. The van der Waals surface area contributed by atoms with Gasteiger partial charge in [-0.15, -0.1) is 5.10 Å². The number of carbonyl (C=O) groups excluding carboxylic acids is 1. The molecule has 0 aromatic carbocycles. The second-order valence-corrected chi connectivity index (χ2v) is 5.25. The summed E-state index contributed by atoms with van der Waals surface area (Å²) in [5.41, 5.74) is 6.07. The van der Waals surface area contributed by atoms with Crippen LogP contribution in [0.5, 0.6) is 0 Å². The molecule has 0 radical (unpaired) electrons. The number of primary amides is 1. The lowest BCUT2D eigenvalue weighted by Gasteiger charge is -2.22. The molecule has 1 aromatic rings. The van der Waals surface area contributed by atoms with Crippen molar-refractivity contribution in [3.63, 3.8) is 0 Å². The zero-order valence-electron chi connectivity index (χ0n) is 12.1. The number of carbonyl (C=O) groups is 1. The van der Waals surface area contributed by atoms with E-state index in [-0.39, 0.29) is 5.82 Å². The fraction of sp³-hybridized carbons (Fsp3) is 0.429. The molecule has 22 heavy (non-hydrogen) atoms. The summed E-state index contributed by atoms with van der Waals surface area (Å²) in [6.45, 7) is 2.14. The van der Waals surface area contributed by atoms with Gasteiger partial charge in [0.1, 0.15) is 0 Å². The molecule has 2 aliphatic heterocycles. The summed E-state index contributed by atoms with van der Waals surface area (Å²) in [6.07, 6.45) is 8.91. The fourth-order valence-electron chi connectivity index (χ4n) is 2.50. The van der Waals surface area contributed by atoms with Gasteiger partial charge >= 0.3 is 0 Å². The summed E-state index contributed by atoms with van der Waals surface area (Å²) < 4.78 is 7.22. The molecule has 1 amide bonds. The molecule has 116 valence electrons. The van der Waals surface area contributed by atoms with Gasteiger partial charge < -0.3 is 15.8 Å². The van der Waals surface area contributed by atoms with E-state index in [2.05, 4.69) is 20.4 Å². The highest BCUT2D eigenvalue weighted by Crippen LogP contribution is 2.20. The van der Waals surface area contributed by atoms with E-state index in [1.807, 2.05) is 6.08 Å². The number of nitrogens with two attached hydrogens (primary N) is 1. The van der Waals surface area contributed by atoms with Crippen LogP contribution in [-0.4, -0.2) is 40.2 Å². The maximum atomic E-state index is 11.4. The third kappa shape index (κ3) is 3.22. The Hall–Kier alpha value is -2.48. The molecule has 1 aromatic heterocycles. The van der Waals surface area contributed by atoms with Gasteiger partial charge in [0, 0.05) is 37.0 Å². The van der Waals surface area contributed by atoms with E-state index >= 15 is 0 Å². The summed E-state index contributed by atoms with van der Waals surface area (Å²) in [7, 11) is 0. The number of hydrogen-bond acceptors (Lipinski definition) is 6. The minimum Gasteiger partial charge on any atom is -0.381 e. The van der Waals surface area contributed by atoms with Crippen LogP contribution in [0, 0.1) is 5.92 Å². The van der Waals surface area contributed by atoms with Crippen LogP contribution in [0.1, 0.15) is 29.3 Å². The smallest absolute Gasteiger partial charge is 0.288 e. The van der Waals surface area contributed by atoms with Gasteiger partial charge in [-0.1, -0.05) is 0 Å². The van der Waals surface area contributed by atoms with Gasteiger partial charge in [-0.2, -0.15) is 0 Å². The molecular formula is C14H18N6O2. The maximum absolute atomic E-state index is 11.4. The summed E-state index contributed by atoms with van der Waals surface area (Å²) in [4.78, 5) is 19.7. The molecule has 0 bridgehead atoms. The summed E-state index contributed by atoms with van der Waals surface area (Å²) >= 11 is 0. The number of nitrogens with zero attached hydrogens (tertiary/aromatic N) is 4. The van der Waals surface area contributed by atoms with Crippen molar-refractivity contribution in [1.29, 1.82) is 0 Å². The Balaban J connectivity index is 1.91.